The van der Waals surface area contributed by atoms with Gasteiger partial charge in [-0.15, -0.1) is 12.4 Å². The van der Waals surface area contributed by atoms with Gasteiger partial charge in [-0.3, -0.25) is 4.90 Å². The van der Waals surface area contributed by atoms with Gasteiger partial charge < -0.3 is 5.11 Å². The zero-order valence-electron chi connectivity index (χ0n) is 12.2. The number of halogens is 2. The van der Waals surface area contributed by atoms with E-state index in [0.717, 1.165) is 31.4 Å². The fourth-order valence-corrected chi connectivity index (χ4v) is 4.75. The van der Waals surface area contributed by atoms with Crippen molar-refractivity contribution in [3.63, 3.8) is 0 Å². The molecule has 4 unspecified atom stereocenters. The van der Waals surface area contributed by atoms with Gasteiger partial charge in [0.25, 0.3) is 0 Å². The fraction of sp³-hybridized carbons (Fsp3) is 0.647. The van der Waals surface area contributed by atoms with Crippen molar-refractivity contribution in [3.8, 4) is 0 Å². The van der Waals surface area contributed by atoms with E-state index in [2.05, 4.69) is 4.90 Å². The van der Waals surface area contributed by atoms with Crippen LogP contribution in [0.5, 0.6) is 0 Å². The Hall–Kier alpha value is -0.640. The molecule has 0 radical (unpaired) electrons. The van der Waals surface area contributed by atoms with Crippen molar-refractivity contribution in [2.45, 2.75) is 56.7 Å². The first-order valence-electron chi connectivity index (χ1n) is 7.96. The SMILES string of the molecule is Cl.OC1CC2c3cc(F)ccc3CCN2C2CCCCC12. The molecule has 3 aliphatic rings. The summed E-state index contributed by atoms with van der Waals surface area (Å²) in [5.41, 5.74) is 2.40. The summed E-state index contributed by atoms with van der Waals surface area (Å²) >= 11 is 0. The first-order valence-corrected chi connectivity index (χ1v) is 7.96. The molecule has 0 aromatic heterocycles. The normalized spacial score (nSPS) is 35.1. The third-order valence-corrected chi connectivity index (χ3v) is 5.67. The Bertz CT molecular complexity index is 524. The van der Waals surface area contributed by atoms with Crippen LogP contribution in [0, 0.1) is 11.7 Å². The zero-order valence-corrected chi connectivity index (χ0v) is 13.0. The Morgan fingerprint density at radius 2 is 2.00 bits per heavy atom. The van der Waals surface area contributed by atoms with Crippen LogP contribution in [0.2, 0.25) is 0 Å². The molecule has 0 amide bonds. The highest BCUT2D eigenvalue weighted by Crippen LogP contribution is 2.46. The average molecular weight is 312 g/mol. The van der Waals surface area contributed by atoms with Crippen LogP contribution in [-0.2, 0) is 6.42 Å². The van der Waals surface area contributed by atoms with E-state index in [4.69, 9.17) is 0 Å². The molecule has 2 heterocycles. The van der Waals surface area contributed by atoms with Crippen LogP contribution in [0.15, 0.2) is 18.2 Å². The Morgan fingerprint density at radius 3 is 2.86 bits per heavy atom. The lowest BCUT2D eigenvalue weighted by Crippen LogP contribution is -2.55. The summed E-state index contributed by atoms with van der Waals surface area (Å²) in [6.07, 6.45) is 6.46. The molecule has 116 valence electrons. The molecule has 2 aliphatic heterocycles. The number of hydrogen-bond acceptors (Lipinski definition) is 2. The molecule has 1 aliphatic carbocycles. The largest absolute Gasteiger partial charge is 0.393 e. The Labute approximate surface area is 131 Å². The van der Waals surface area contributed by atoms with Crippen LogP contribution in [-0.4, -0.2) is 28.7 Å². The minimum absolute atomic E-state index is 0. The molecular weight excluding hydrogens is 289 g/mol. The van der Waals surface area contributed by atoms with Crippen LogP contribution in [0.25, 0.3) is 0 Å². The molecule has 21 heavy (non-hydrogen) atoms. The van der Waals surface area contributed by atoms with Crippen molar-refractivity contribution in [1.82, 2.24) is 4.90 Å². The minimum atomic E-state index is -0.212. The summed E-state index contributed by atoms with van der Waals surface area (Å²) < 4.78 is 13.6. The van der Waals surface area contributed by atoms with Crippen LogP contribution >= 0.6 is 12.4 Å². The van der Waals surface area contributed by atoms with Crippen molar-refractivity contribution in [3.05, 3.63) is 35.1 Å². The summed E-state index contributed by atoms with van der Waals surface area (Å²) in [7, 11) is 0. The lowest BCUT2D eigenvalue weighted by Gasteiger charge is -2.53. The quantitative estimate of drug-likeness (QED) is 0.793. The van der Waals surface area contributed by atoms with Gasteiger partial charge in [-0.05, 0) is 48.9 Å². The van der Waals surface area contributed by atoms with E-state index in [0.29, 0.717) is 12.0 Å². The molecule has 4 heteroatoms. The van der Waals surface area contributed by atoms with Gasteiger partial charge in [0.15, 0.2) is 0 Å². The van der Waals surface area contributed by atoms with Gasteiger partial charge >= 0.3 is 0 Å². The minimum Gasteiger partial charge on any atom is -0.393 e. The van der Waals surface area contributed by atoms with E-state index in [1.165, 1.54) is 24.8 Å². The second-order valence-electron chi connectivity index (χ2n) is 6.67. The van der Waals surface area contributed by atoms with Gasteiger partial charge in [0.2, 0.25) is 0 Å². The maximum Gasteiger partial charge on any atom is 0.123 e. The van der Waals surface area contributed by atoms with Crippen LogP contribution in [0.4, 0.5) is 4.39 Å². The monoisotopic (exact) mass is 311 g/mol. The van der Waals surface area contributed by atoms with Gasteiger partial charge in [0, 0.05) is 24.5 Å². The Balaban J connectivity index is 0.00000132. The first-order chi connectivity index (χ1) is 9.74. The highest BCUT2D eigenvalue weighted by atomic mass is 35.5. The summed E-state index contributed by atoms with van der Waals surface area (Å²) in [5.74, 6) is 0.293. The number of aliphatic hydroxyl groups is 1. The summed E-state index contributed by atoms with van der Waals surface area (Å²) in [6, 6.07) is 5.93. The molecule has 0 spiro atoms. The van der Waals surface area contributed by atoms with Gasteiger partial charge in [-0.25, -0.2) is 4.39 Å². The summed E-state index contributed by atoms with van der Waals surface area (Å²) in [4.78, 5) is 2.57. The van der Waals surface area contributed by atoms with E-state index in [-0.39, 0.29) is 30.4 Å². The standard InChI is InChI=1S/C17H22FNO.ClH/c18-12-6-5-11-7-8-19-15-4-2-1-3-13(15)17(20)10-16(19)14(11)9-12;/h5-6,9,13,15-17,20H,1-4,7-8,10H2;1H. The topological polar surface area (TPSA) is 23.5 Å². The number of fused-ring (bicyclic) bond motifs is 5. The number of aliphatic hydroxyl groups excluding tert-OH is 1. The number of rotatable bonds is 0. The molecule has 1 saturated carbocycles. The van der Waals surface area contributed by atoms with E-state index >= 15 is 0 Å². The first kappa shape index (κ1) is 15.3. The summed E-state index contributed by atoms with van der Waals surface area (Å²) in [6.45, 7) is 1.07. The van der Waals surface area contributed by atoms with Gasteiger partial charge in [-0.2, -0.15) is 0 Å². The van der Waals surface area contributed by atoms with Gasteiger partial charge in [0.1, 0.15) is 5.82 Å². The molecule has 1 aromatic rings. The Morgan fingerprint density at radius 1 is 1.19 bits per heavy atom. The van der Waals surface area contributed by atoms with Crippen molar-refractivity contribution in [2.24, 2.45) is 5.92 Å². The Kier molecular flexibility index (Phi) is 4.26. The molecule has 1 aromatic carbocycles. The van der Waals surface area contributed by atoms with Crippen LogP contribution in [0.3, 0.4) is 0 Å². The second kappa shape index (κ2) is 5.86. The van der Waals surface area contributed by atoms with Crippen molar-refractivity contribution in [1.29, 1.82) is 0 Å². The smallest absolute Gasteiger partial charge is 0.123 e. The van der Waals surface area contributed by atoms with E-state index in [9.17, 15) is 9.50 Å². The molecule has 2 nitrogen and oxygen atoms in total. The highest BCUT2D eigenvalue weighted by molar-refractivity contribution is 5.85. The van der Waals surface area contributed by atoms with Crippen LogP contribution < -0.4 is 0 Å². The van der Waals surface area contributed by atoms with Gasteiger partial charge in [-0.1, -0.05) is 18.9 Å². The maximum atomic E-state index is 13.6. The molecule has 0 bridgehead atoms. The third kappa shape index (κ3) is 2.49. The molecule has 4 atom stereocenters. The van der Waals surface area contributed by atoms with Crippen molar-refractivity contribution >= 4 is 12.4 Å². The van der Waals surface area contributed by atoms with Crippen molar-refractivity contribution in [2.75, 3.05) is 6.54 Å². The van der Waals surface area contributed by atoms with Crippen molar-refractivity contribution < 1.29 is 9.50 Å². The number of piperidine rings is 1. The number of nitrogens with zero attached hydrogens (tertiary/aromatic N) is 1. The molecular formula is C17H23ClFNO. The third-order valence-electron chi connectivity index (χ3n) is 5.67. The molecule has 1 N–H and O–H groups in total. The zero-order chi connectivity index (χ0) is 13.7. The van der Waals surface area contributed by atoms with Gasteiger partial charge in [0.05, 0.1) is 6.10 Å². The molecule has 1 saturated heterocycles. The molecule has 4 rings (SSSR count). The van der Waals surface area contributed by atoms with E-state index in [1.807, 2.05) is 6.07 Å². The number of hydrogen-bond donors (Lipinski definition) is 1. The predicted octanol–water partition coefficient (Wildman–Crippen LogP) is 3.47. The number of benzene rings is 1. The average Bonchev–Trinajstić information content (AvgIpc) is 2.47. The van der Waals surface area contributed by atoms with Crippen LogP contribution in [0.1, 0.15) is 49.3 Å². The lowest BCUT2D eigenvalue weighted by molar-refractivity contribution is -0.0713. The highest BCUT2D eigenvalue weighted by Gasteiger charge is 2.45. The molecule has 2 fully saturated rings. The fourth-order valence-electron chi connectivity index (χ4n) is 4.75. The second-order valence-corrected chi connectivity index (χ2v) is 6.67. The van der Waals surface area contributed by atoms with E-state index in [1.54, 1.807) is 12.1 Å². The summed E-state index contributed by atoms with van der Waals surface area (Å²) in [5, 5.41) is 10.5. The van der Waals surface area contributed by atoms with E-state index < -0.39 is 0 Å². The lowest BCUT2D eigenvalue weighted by atomic mass is 9.72. The maximum absolute atomic E-state index is 13.6. The predicted molar refractivity (Wildman–Crippen MR) is 83.2 cm³/mol.